The van der Waals surface area contributed by atoms with Crippen LogP contribution in [0.2, 0.25) is 0 Å². The van der Waals surface area contributed by atoms with Gasteiger partial charge in [-0.1, -0.05) is 12.1 Å². The Bertz CT molecular complexity index is 1310. The molecule has 0 bridgehead atoms. The third-order valence-electron chi connectivity index (χ3n) is 7.77. The Labute approximate surface area is 204 Å². The van der Waals surface area contributed by atoms with Gasteiger partial charge in [-0.15, -0.1) is 0 Å². The predicted molar refractivity (Wildman–Crippen MR) is 130 cm³/mol. The summed E-state index contributed by atoms with van der Waals surface area (Å²) in [6, 6.07) is 4.97. The van der Waals surface area contributed by atoms with E-state index in [4.69, 9.17) is 0 Å². The Kier molecular flexibility index (Phi) is 5.97. The molecule has 5 rings (SSSR count). The molecule has 1 spiro atoms. The second-order valence-electron chi connectivity index (χ2n) is 10.0. The highest BCUT2D eigenvalue weighted by Crippen LogP contribution is 2.55. The SMILES string of the molecule is CCn1cnc2ccc(C3=CCN(C(=O)C4C(C(=O)NO)CC5(CC5)CN4S(C)(=O)=O)CC3)cc21. The summed E-state index contributed by atoms with van der Waals surface area (Å²) in [5.41, 5.74) is 5.56. The fraction of sp³-hybridized carbons (Fsp3) is 0.542. The maximum atomic E-state index is 13.7. The van der Waals surface area contributed by atoms with Crippen LogP contribution in [0, 0.1) is 11.3 Å². The number of hydrogen-bond donors (Lipinski definition) is 2. The molecule has 1 saturated carbocycles. The molecule has 3 aliphatic rings. The number of nitrogens with zero attached hydrogens (tertiary/aromatic N) is 4. The number of aryl methyl sites for hydroxylation is 1. The van der Waals surface area contributed by atoms with E-state index in [1.165, 1.54) is 4.31 Å². The number of amides is 2. The van der Waals surface area contributed by atoms with Crippen molar-refractivity contribution < 1.29 is 23.2 Å². The molecule has 1 aromatic heterocycles. The highest BCUT2D eigenvalue weighted by Gasteiger charge is 2.58. The summed E-state index contributed by atoms with van der Waals surface area (Å²) in [7, 11) is -3.74. The van der Waals surface area contributed by atoms with E-state index in [0.717, 1.165) is 47.8 Å². The Morgan fingerprint density at radius 3 is 2.66 bits per heavy atom. The maximum Gasteiger partial charge on any atom is 0.248 e. The van der Waals surface area contributed by atoms with Crippen molar-refractivity contribution >= 4 is 38.4 Å². The van der Waals surface area contributed by atoms with Crippen molar-refractivity contribution in [1.82, 2.24) is 24.2 Å². The van der Waals surface area contributed by atoms with E-state index in [-0.39, 0.29) is 12.0 Å². The average Bonchev–Trinajstić information content (AvgIpc) is 3.47. The van der Waals surface area contributed by atoms with Gasteiger partial charge in [-0.25, -0.2) is 18.9 Å². The quantitative estimate of drug-likeness (QED) is 0.474. The number of hydrogen-bond acceptors (Lipinski definition) is 6. The Hall–Kier alpha value is -2.76. The number of sulfonamides is 1. The third-order valence-corrected chi connectivity index (χ3v) is 8.98. The molecule has 2 fully saturated rings. The minimum absolute atomic E-state index is 0.234. The van der Waals surface area contributed by atoms with Gasteiger partial charge in [-0.2, -0.15) is 4.31 Å². The molecule has 2 aromatic rings. The molecule has 10 nitrogen and oxygen atoms in total. The van der Waals surface area contributed by atoms with Crippen molar-refractivity contribution in [2.24, 2.45) is 11.3 Å². The van der Waals surface area contributed by atoms with Gasteiger partial charge >= 0.3 is 0 Å². The lowest BCUT2D eigenvalue weighted by Gasteiger charge is -2.44. The molecule has 35 heavy (non-hydrogen) atoms. The summed E-state index contributed by atoms with van der Waals surface area (Å²) < 4.78 is 28.6. The standard InChI is InChI=1S/C24H31N5O5S/c1-3-27-15-25-19-5-4-17(12-20(19)27)16-6-10-28(11-7-16)23(31)21-18(22(30)26-32)13-24(8-9-24)14-29(21)35(2,33)34/h4-6,12,15,18,21,32H,3,7-11,13-14H2,1-2H3,(H,26,30). The zero-order valence-corrected chi connectivity index (χ0v) is 20.8. The molecule has 2 N–H and O–H groups in total. The summed E-state index contributed by atoms with van der Waals surface area (Å²) in [6.07, 6.45) is 7.52. The summed E-state index contributed by atoms with van der Waals surface area (Å²) >= 11 is 0. The fourth-order valence-electron chi connectivity index (χ4n) is 5.58. The molecule has 11 heteroatoms. The van der Waals surface area contributed by atoms with Gasteiger partial charge in [0, 0.05) is 26.2 Å². The predicted octanol–water partition coefficient (Wildman–Crippen LogP) is 1.61. The van der Waals surface area contributed by atoms with Crippen LogP contribution in [0.15, 0.2) is 30.6 Å². The molecule has 0 radical (unpaired) electrons. The van der Waals surface area contributed by atoms with E-state index in [1.54, 1.807) is 10.4 Å². The molecule has 3 heterocycles. The first kappa shape index (κ1) is 24.0. The number of hydroxylamine groups is 1. The molecule has 2 amide bonds. The molecule has 188 valence electrons. The Morgan fingerprint density at radius 1 is 1.29 bits per heavy atom. The van der Waals surface area contributed by atoms with Crippen molar-refractivity contribution in [2.75, 3.05) is 25.9 Å². The highest BCUT2D eigenvalue weighted by molar-refractivity contribution is 7.88. The van der Waals surface area contributed by atoms with Crippen molar-refractivity contribution in [3.05, 3.63) is 36.2 Å². The van der Waals surface area contributed by atoms with Crippen molar-refractivity contribution in [3.63, 3.8) is 0 Å². The first-order valence-corrected chi connectivity index (χ1v) is 13.8. The summed E-state index contributed by atoms with van der Waals surface area (Å²) in [6.45, 7) is 3.87. The van der Waals surface area contributed by atoms with Crippen molar-refractivity contribution in [3.8, 4) is 0 Å². The second-order valence-corrected chi connectivity index (χ2v) is 12.0. The molecule has 2 atom stereocenters. The molecule has 1 aliphatic carbocycles. The van der Waals surface area contributed by atoms with E-state index in [0.29, 0.717) is 25.9 Å². The number of rotatable bonds is 5. The number of carbonyl (C=O) groups is 2. The normalized spacial score (nSPS) is 24.4. The zero-order chi connectivity index (χ0) is 25.0. The average molecular weight is 502 g/mol. The Balaban J connectivity index is 1.40. The monoisotopic (exact) mass is 501 g/mol. The second kappa shape index (κ2) is 8.72. The first-order valence-electron chi connectivity index (χ1n) is 12.0. The van der Waals surface area contributed by atoms with Crippen LogP contribution in [0.5, 0.6) is 0 Å². The van der Waals surface area contributed by atoms with Gasteiger partial charge in [0.2, 0.25) is 21.8 Å². The number of nitrogens with one attached hydrogen (secondary N) is 1. The van der Waals surface area contributed by atoms with Crippen molar-refractivity contribution in [2.45, 2.75) is 45.2 Å². The highest BCUT2D eigenvalue weighted by atomic mass is 32.2. The van der Waals surface area contributed by atoms with Crippen LogP contribution < -0.4 is 5.48 Å². The number of carbonyl (C=O) groups excluding carboxylic acids is 2. The van der Waals surface area contributed by atoms with Gasteiger partial charge < -0.3 is 9.47 Å². The molecular weight excluding hydrogens is 470 g/mol. The summed E-state index contributed by atoms with van der Waals surface area (Å²) in [5, 5.41) is 9.33. The molecule has 2 unspecified atom stereocenters. The van der Waals surface area contributed by atoms with Gasteiger partial charge in [0.1, 0.15) is 6.04 Å². The molecule has 2 aliphatic heterocycles. The molecule has 1 aromatic carbocycles. The first-order chi connectivity index (χ1) is 16.7. The summed E-state index contributed by atoms with van der Waals surface area (Å²) in [5.74, 6) is -2.04. The number of piperidine rings is 1. The number of imidazole rings is 1. The summed E-state index contributed by atoms with van der Waals surface area (Å²) in [4.78, 5) is 32.2. The van der Waals surface area contributed by atoms with Crippen LogP contribution in [0.25, 0.3) is 16.6 Å². The third kappa shape index (κ3) is 4.36. The largest absolute Gasteiger partial charge is 0.337 e. The van der Waals surface area contributed by atoms with Crippen molar-refractivity contribution in [1.29, 1.82) is 0 Å². The van der Waals surface area contributed by atoms with Crippen LogP contribution >= 0.6 is 0 Å². The fourth-order valence-corrected chi connectivity index (χ4v) is 6.73. The van der Waals surface area contributed by atoms with Gasteiger partial charge in [0.05, 0.1) is 29.5 Å². The van der Waals surface area contributed by atoms with E-state index >= 15 is 0 Å². The smallest absolute Gasteiger partial charge is 0.248 e. The van der Waals surface area contributed by atoms with Crippen LogP contribution in [-0.4, -0.2) is 76.1 Å². The lowest BCUT2D eigenvalue weighted by atomic mass is 9.81. The minimum atomic E-state index is -3.74. The van der Waals surface area contributed by atoms with Crippen LogP contribution in [0.4, 0.5) is 0 Å². The Morgan fingerprint density at radius 2 is 2.06 bits per heavy atom. The van der Waals surface area contributed by atoms with E-state index < -0.39 is 33.8 Å². The van der Waals surface area contributed by atoms with Gasteiger partial charge in [-0.3, -0.25) is 14.8 Å². The number of benzene rings is 1. The number of aromatic nitrogens is 2. The topological polar surface area (TPSA) is 125 Å². The van der Waals surface area contributed by atoms with Crippen LogP contribution in [0.3, 0.4) is 0 Å². The van der Waals surface area contributed by atoms with E-state index in [2.05, 4.69) is 22.5 Å². The van der Waals surface area contributed by atoms with Gasteiger partial charge in [0.15, 0.2) is 0 Å². The number of fused-ring (bicyclic) bond motifs is 1. The lowest BCUT2D eigenvalue weighted by molar-refractivity contribution is -0.148. The van der Waals surface area contributed by atoms with E-state index in [9.17, 15) is 23.2 Å². The lowest BCUT2D eigenvalue weighted by Crippen LogP contribution is -2.61. The van der Waals surface area contributed by atoms with Gasteiger partial charge in [-0.05, 0) is 61.3 Å². The minimum Gasteiger partial charge on any atom is -0.337 e. The van der Waals surface area contributed by atoms with E-state index in [1.807, 2.05) is 24.5 Å². The van der Waals surface area contributed by atoms with Crippen LogP contribution in [-0.2, 0) is 26.2 Å². The maximum absolute atomic E-state index is 13.7. The molecule has 1 saturated heterocycles. The van der Waals surface area contributed by atoms with Crippen LogP contribution in [0.1, 0.15) is 38.2 Å². The molecular formula is C24H31N5O5S. The van der Waals surface area contributed by atoms with Gasteiger partial charge in [0.25, 0.3) is 0 Å². The zero-order valence-electron chi connectivity index (χ0n) is 20.0.